The molecule has 2 N–H and O–H groups in total. The van der Waals surface area contributed by atoms with Crippen molar-refractivity contribution in [2.45, 2.75) is 64.5 Å². The molecule has 3 rings (SSSR count). The quantitative estimate of drug-likeness (QED) is 0.558. The van der Waals surface area contributed by atoms with E-state index in [-0.39, 0.29) is 36.9 Å². The molecule has 1 aromatic heterocycles. The van der Waals surface area contributed by atoms with Gasteiger partial charge in [0.15, 0.2) is 0 Å². The third kappa shape index (κ3) is 8.97. The van der Waals surface area contributed by atoms with E-state index in [0.29, 0.717) is 19.7 Å². The number of hydrogen-bond acceptors (Lipinski definition) is 8. The Bertz CT molecular complexity index is 1020. The van der Waals surface area contributed by atoms with Gasteiger partial charge in [-0.15, -0.1) is 0 Å². The summed E-state index contributed by atoms with van der Waals surface area (Å²) in [6.07, 6.45) is 0.413. The highest BCUT2D eigenvalue weighted by atomic mass is 16.5. The van der Waals surface area contributed by atoms with Crippen LogP contribution in [0.5, 0.6) is 5.75 Å². The maximum atomic E-state index is 13.0. The summed E-state index contributed by atoms with van der Waals surface area (Å²) in [5.41, 5.74) is 2.08. The summed E-state index contributed by atoms with van der Waals surface area (Å²) in [6, 6.07) is 14.1. The van der Waals surface area contributed by atoms with Crippen molar-refractivity contribution in [1.82, 2.24) is 14.8 Å². The van der Waals surface area contributed by atoms with E-state index in [4.69, 9.17) is 14.2 Å². The van der Waals surface area contributed by atoms with Crippen LogP contribution in [0.25, 0.3) is 0 Å². The highest BCUT2D eigenvalue weighted by Gasteiger charge is 2.36. The minimum atomic E-state index is -1.19. The van der Waals surface area contributed by atoms with Crippen LogP contribution in [0.2, 0.25) is 0 Å². The first-order valence-corrected chi connectivity index (χ1v) is 14.2. The Labute approximate surface area is 239 Å². The van der Waals surface area contributed by atoms with Gasteiger partial charge in [0.2, 0.25) is 5.91 Å². The molecule has 9 nitrogen and oxygen atoms in total. The molecule has 0 aliphatic carbocycles. The van der Waals surface area contributed by atoms with E-state index in [1.54, 1.807) is 12.0 Å². The van der Waals surface area contributed by atoms with Crippen molar-refractivity contribution < 1.29 is 29.2 Å². The van der Waals surface area contributed by atoms with Crippen molar-refractivity contribution in [1.29, 1.82) is 0 Å². The summed E-state index contributed by atoms with van der Waals surface area (Å²) in [4.78, 5) is 21.8. The van der Waals surface area contributed by atoms with Crippen molar-refractivity contribution >= 4 is 5.91 Å². The average molecular weight is 558 g/mol. The lowest BCUT2D eigenvalue weighted by molar-refractivity contribution is -0.138. The van der Waals surface area contributed by atoms with Crippen LogP contribution in [0.4, 0.5) is 0 Å². The SMILES string of the molecule is COc1cccc([C@@H]2[C@@H](C(C)C)CN(C(C)=O)C[C@H](OC)[C@@H](O)[C@@H](O)COCCCCN2Cc2ccccn2)c1. The molecule has 1 saturated heterocycles. The van der Waals surface area contributed by atoms with E-state index in [9.17, 15) is 15.0 Å². The van der Waals surface area contributed by atoms with Gasteiger partial charge in [0, 0.05) is 52.5 Å². The van der Waals surface area contributed by atoms with E-state index in [1.807, 2.05) is 36.5 Å². The van der Waals surface area contributed by atoms with Crippen molar-refractivity contribution in [2.75, 3.05) is 47.1 Å². The third-order valence-corrected chi connectivity index (χ3v) is 7.81. The largest absolute Gasteiger partial charge is 0.497 e. The molecule has 1 aliphatic heterocycles. The number of methoxy groups -OCH3 is 2. The Morgan fingerprint density at radius 3 is 2.58 bits per heavy atom. The number of ether oxygens (including phenoxy) is 3. The van der Waals surface area contributed by atoms with Crippen LogP contribution < -0.4 is 4.74 Å². The Morgan fingerprint density at radius 1 is 1.12 bits per heavy atom. The fourth-order valence-electron chi connectivity index (χ4n) is 5.44. The first kappa shape index (κ1) is 32.0. The molecule has 0 saturated carbocycles. The summed E-state index contributed by atoms with van der Waals surface area (Å²) in [5, 5.41) is 21.4. The van der Waals surface area contributed by atoms with Gasteiger partial charge in [0.1, 0.15) is 24.1 Å². The molecule has 9 heteroatoms. The van der Waals surface area contributed by atoms with Crippen LogP contribution in [0.3, 0.4) is 0 Å². The number of carbonyl (C=O) groups excluding carboxylic acids is 1. The van der Waals surface area contributed by atoms with E-state index in [0.717, 1.165) is 36.4 Å². The first-order chi connectivity index (χ1) is 19.2. The summed E-state index contributed by atoms with van der Waals surface area (Å²) in [5.74, 6) is 0.901. The molecule has 1 fully saturated rings. The fraction of sp³-hybridized carbons (Fsp3) is 0.613. The minimum absolute atomic E-state index is 0.000197. The van der Waals surface area contributed by atoms with Gasteiger partial charge in [-0.3, -0.25) is 14.7 Å². The lowest BCUT2D eigenvalue weighted by Crippen LogP contribution is -2.50. The van der Waals surface area contributed by atoms with Crippen LogP contribution >= 0.6 is 0 Å². The fourth-order valence-corrected chi connectivity index (χ4v) is 5.44. The zero-order chi connectivity index (χ0) is 29.1. The second-order valence-electron chi connectivity index (χ2n) is 11.0. The Hall–Kier alpha value is -2.56. The van der Waals surface area contributed by atoms with Crippen molar-refractivity contribution in [3.05, 3.63) is 59.9 Å². The maximum absolute atomic E-state index is 13.0. The summed E-state index contributed by atoms with van der Waals surface area (Å²) >= 11 is 0. The van der Waals surface area contributed by atoms with Gasteiger partial charge in [-0.25, -0.2) is 0 Å². The van der Waals surface area contributed by atoms with Crippen LogP contribution in [-0.4, -0.2) is 96.3 Å². The van der Waals surface area contributed by atoms with E-state index >= 15 is 0 Å². The third-order valence-electron chi connectivity index (χ3n) is 7.81. The predicted molar refractivity (Wildman–Crippen MR) is 154 cm³/mol. The molecular formula is C31H47N3O6. The summed E-state index contributed by atoms with van der Waals surface area (Å²) in [6.45, 7) is 8.41. The van der Waals surface area contributed by atoms with Gasteiger partial charge in [-0.2, -0.15) is 0 Å². The molecule has 2 heterocycles. The van der Waals surface area contributed by atoms with E-state index in [2.05, 4.69) is 35.9 Å². The molecule has 1 aliphatic rings. The molecule has 0 spiro atoms. The maximum Gasteiger partial charge on any atom is 0.219 e. The minimum Gasteiger partial charge on any atom is -0.497 e. The van der Waals surface area contributed by atoms with Crippen LogP contribution in [0, 0.1) is 11.8 Å². The number of rotatable bonds is 6. The molecule has 1 amide bonds. The lowest BCUT2D eigenvalue weighted by Gasteiger charge is -2.42. The van der Waals surface area contributed by atoms with Gasteiger partial charge < -0.3 is 29.3 Å². The average Bonchev–Trinajstić information content (AvgIpc) is 2.95. The van der Waals surface area contributed by atoms with Gasteiger partial charge in [-0.05, 0) is 61.1 Å². The Balaban J connectivity index is 2.10. The summed E-state index contributed by atoms with van der Waals surface area (Å²) in [7, 11) is 3.16. The number of carbonyl (C=O) groups is 1. The molecular weight excluding hydrogens is 510 g/mol. The molecule has 5 atom stereocenters. The lowest BCUT2D eigenvalue weighted by atomic mass is 9.82. The number of hydrogen-bond donors (Lipinski definition) is 2. The number of amides is 1. The molecule has 0 unspecified atom stereocenters. The monoisotopic (exact) mass is 557 g/mol. The normalized spacial score (nSPS) is 26.2. The first-order valence-electron chi connectivity index (χ1n) is 14.2. The van der Waals surface area contributed by atoms with Crippen LogP contribution in [-0.2, 0) is 20.8 Å². The molecule has 0 bridgehead atoms. The van der Waals surface area contributed by atoms with Gasteiger partial charge >= 0.3 is 0 Å². The molecule has 0 radical (unpaired) electrons. The van der Waals surface area contributed by atoms with Gasteiger partial charge in [0.05, 0.1) is 19.4 Å². The molecule has 1 aromatic carbocycles. The van der Waals surface area contributed by atoms with Crippen molar-refractivity contribution in [2.24, 2.45) is 11.8 Å². The number of pyridine rings is 1. The van der Waals surface area contributed by atoms with Crippen LogP contribution in [0.15, 0.2) is 48.7 Å². The second-order valence-corrected chi connectivity index (χ2v) is 11.0. The second kappa shape index (κ2) is 16.0. The zero-order valence-electron chi connectivity index (χ0n) is 24.6. The Kier molecular flexibility index (Phi) is 12.8. The number of aliphatic hydroxyl groups is 2. The smallest absolute Gasteiger partial charge is 0.219 e. The zero-order valence-corrected chi connectivity index (χ0v) is 24.6. The van der Waals surface area contributed by atoms with Gasteiger partial charge in [-0.1, -0.05) is 32.0 Å². The summed E-state index contributed by atoms with van der Waals surface area (Å²) < 4.78 is 16.9. The van der Waals surface area contributed by atoms with Crippen molar-refractivity contribution in [3.8, 4) is 5.75 Å². The Morgan fingerprint density at radius 2 is 1.93 bits per heavy atom. The van der Waals surface area contributed by atoms with Crippen molar-refractivity contribution in [3.63, 3.8) is 0 Å². The number of aromatic nitrogens is 1. The molecule has 40 heavy (non-hydrogen) atoms. The van der Waals surface area contributed by atoms with Gasteiger partial charge in [0.25, 0.3) is 0 Å². The number of aliphatic hydroxyl groups excluding tert-OH is 2. The highest BCUT2D eigenvalue weighted by Crippen LogP contribution is 2.37. The highest BCUT2D eigenvalue weighted by molar-refractivity contribution is 5.73. The molecule has 2 aromatic rings. The molecule has 222 valence electrons. The topological polar surface area (TPSA) is 105 Å². The number of benzene rings is 1. The van der Waals surface area contributed by atoms with E-state index in [1.165, 1.54) is 14.0 Å². The van der Waals surface area contributed by atoms with E-state index < -0.39 is 18.3 Å². The standard InChI is InChI=1S/C31H47N3O6/c1-22(2)27-19-34(23(3)35)20-29(39-5)31(37)28(36)21-40-16-9-8-15-33(18-25-12-6-7-14-32-25)30(27)24-11-10-13-26(17-24)38-4/h6-7,10-14,17,22,27-31,36-37H,8-9,15-16,18-21H2,1-5H3/t27-,28+,29+,30-,31+/m1/s1. The van der Waals surface area contributed by atoms with Crippen LogP contribution in [0.1, 0.15) is 50.9 Å². The predicted octanol–water partition coefficient (Wildman–Crippen LogP) is 3.30. The number of nitrogens with zero attached hydrogens (tertiary/aromatic N) is 3.